The molecule has 2 aromatic rings. The van der Waals surface area contributed by atoms with Crippen molar-refractivity contribution in [2.24, 2.45) is 0 Å². The van der Waals surface area contributed by atoms with Gasteiger partial charge in [0.05, 0.1) is 11.0 Å². The molecule has 1 aromatic carbocycles. The maximum atomic E-state index is 5.38. The molecule has 78 valence electrons. The second kappa shape index (κ2) is 2.95. The van der Waals surface area contributed by atoms with Crippen LogP contribution in [0.2, 0.25) is 0 Å². The first-order valence-electron chi connectivity index (χ1n) is 5.01. The monoisotopic (exact) mass is 282 g/mol. The maximum Gasteiger partial charge on any atom is 0.178 e. The van der Waals surface area contributed by atoms with Crippen molar-refractivity contribution in [2.45, 2.75) is 25.3 Å². The predicted octanol–water partition coefficient (Wildman–Crippen LogP) is 3.97. The number of hydrogen-bond acceptors (Lipinski definition) is 1. The van der Waals surface area contributed by atoms with Gasteiger partial charge in [-0.15, -0.1) is 0 Å². The summed E-state index contributed by atoms with van der Waals surface area (Å²) in [6.07, 6.45) is 2.45. The zero-order chi connectivity index (χ0) is 10.6. The molecule has 0 spiro atoms. The van der Waals surface area contributed by atoms with Gasteiger partial charge in [-0.1, -0.05) is 15.9 Å². The van der Waals surface area contributed by atoms with E-state index in [2.05, 4.69) is 50.6 Å². The van der Waals surface area contributed by atoms with Crippen molar-refractivity contribution in [2.75, 3.05) is 0 Å². The standard InChI is InChI=1S/C11H11BrN2S/c1-11(4-5-11)14-9-3-2-7(12)6-8(9)13-10(14)15/h2-3,6H,4-5H2,1H3,(H,13,15). The van der Waals surface area contributed by atoms with Crippen LogP contribution in [0.3, 0.4) is 0 Å². The second-order valence-corrected chi connectivity index (χ2v) is 5.73. The van der Waals surface area contributed by atoms with Crippen molar-refractivity contribution >= 4 is 39.2 Å². The summed E-state index contributed by atoms with van der Waals surface area (Å²) >= 11 is 8.85. The summed E-state index contributed by atoms with van der Waals surface area (Å²) in [5.74, 6) is 0. The number of rotatable bonds is 1. The Balaban J connectivity index is 2.38. The van der Waals surface area contributed by atoms with Gasteiger partial charge in [-0.05, 0) is 50.2 Å². The van der Waals surface area contributed by atoms with Crippen molar-refractivity contribution in [3.05, 3.63) is 27.4 Å². The van der Waals surface area contributed by atoms with Gasteiger partial charge in [0.25, 0.3) is 0 Å². The Morgan fingerprint density at radius 1 is 1.47 bits per heavy atom. The van der Waals surface area contributed by atoms with Crippen LogP contribution in [-0.4, -0.2) is 9.55 Å². The van der Waals surface area contributed by atoms with E-state index in [0.29, 0.717) is 0 Å². The fourth-order valence-electron chi connectivity index (χ4n) is 2.02. The lowest BCUT2D eigenvalue weighted by Crippen LogP contribution is -2.11. The smallest absolute Gasteiger partial charge is 0.178 e. The van der Waals surface area contributed by atoms with Crippen LogP contribution in [0.25, 0.3) is 11.0 Å². The van der Waals surface area contributed by atoms with Crippen LogP contribution in [0, 0.1) is 4.77 Å². The minimum Gasteiger partial charge on any atom is -0.331 e. The van der Waals surface area contributed by atoms with E-state index in [9.17, 15) is 0 Å². The number of halogens is 1. The lowest BCUT2D eigenvalue weighted by Gasteiger charge is -2.11. The van der Waals surface area contributed by atoms with Crippen LogP contribution in [0.4, 0.5) is 0 Å². The first-order valence-corrected chi connectivity index (χ1v) is 6.21. The van der Waals surface area contributed by atoms with Gasteiger partial charge in [0, 0.05) is 10.0 Å². The minimum atomic E-state index is 0.253. The topological polar surface area (TPSA) is 20.7 Å². The van der Waals surface area contributed by atoms with Crippen molar-refractivity contribution in [3.8, 4) is 0 Å². The third-order valence-corrected chi connectivity index (χ3v) is 3.94. The van der Waals surface area contributed by atoms with Crippen molar-refractivity contribution < 1.29 is 0 Å². The summed E-state index contributed by atoms with van der Waals surface area (Å²) in [6.45, 7) is 2.26. The fourth-order valence-corrected chi connectivity index (χ4v) is 2.81. The van der Waals surface area contributed by atoms with Crippen molar-refractivity contribution in [1.29, 1.82) is 0 Å². The molecule has 1 aliphatic carbocycles. The molecule has 1 fully saturated rings. The van der Waals surface area contributed by atoms with Gasteiger partial charge in [-0.3, -0.25) is 0 Å². The predicted molar refractivity (Wildman–Crippen MR) is 67.7 cm³/mol. The van der Waals surface area contributed by atoms with Crippen LogP contribution in [0.1, 0.15) is 19.8 Å². The molecule has 0 radical (unpaired) electrons. The molecular formula is C11H11BrN2S. The van der Waals surface area contributed by atoms with Gasteiger partial charge in [-0.25, -0.2) is 0 Å². The number of nitrogens with one attached hydrogen (secondary N) is 1. The number of imidazole rings is 1. The van der Waals surface area contributed by atoms with E-state index in [1.165, 1.54) is 18.4 Å². The number of aromatic amines is 1. The third kappa shape index (κ3) is 1.39. The van der Waals surface area contributed by atoms with E-state index in [1.54, 1.807) is 0 Å². The zero-order valence-electron chi connectivity index (χ0n) is 8.38. The van der Waals surface area contributed by atoms with Crippen LogP contribution >= 0.6 is 28.1 Å². The van der Waals surface area contributed by atoms with Crippen LogP contribution in [0.15, 0.2) is 22.7 Å². The average Bonchev–Trinajstić information content (AvgIpc) is 2.79. The fraction of sp³-hybridized carbons (Fsp3) is 0.364. The molecule has 0 aliphatic heterocycles. The van der Waals surface area contributed by atoms with E-state index in [4.69, 9.17) is 12.2 Å². The lowest BCUT2D eigenvalue weighted by molar-refractivity contribution is 0.541. The van der Waals surface area contributed by atoms with Crippen molar-refractivity contribution in [3.63, 3.8) is 0 Å². The third-order valence-electron chi connectivity index (χ3n) is 3.16. The van der Waals surface area contributed by atoms with Gasteiger partial charge in [-0.2, -0.15) is 0 Å². The molecule has 1 N–H and O–H groups in total. The highest BCUT2D eigenvalue weighted by Gasteiger charge is 2.40. The van der Waals surface area contributed by atoms with Gasteiger partial charge in [0.15, 0.2) is 4.77 Å². The largest absolute Gasteiger partial charge is 0.331 e. The second-order valence-electron chi connectivity index (χ2n) is 4.42. The molecule has 2 nitrogen and oxygen atoms in total. The number of H-pyrrole nitrogens is 1. The normalized spacial score (nSPS) is 18.3. The average molecular weight is 283 g/mol. The molecule has 0 saturated heterocycles. The minimum absolute atomic E-state index is 0.253. The number of nitrogens with zero attached hydrogens (tertiary/aromatic N) is 1. The van der Waals surface area contributed by atoms with E-state index >= 15 is 0 Å². The Kier molecular flexibility index (Phi) is 1.89. The number of hydrogen-bond donors (Lipinski definition) is 1. The maximum absolute atomic E-state index is 5.38. The SMILES string of the molecule is CC1(n2c(=S)[nH]c3cc(Br)ccc32)CC1. The Labute approximate surface area is 101 Å². The highest BCUT2D eigenvalue weighted by Crippen LogP contribution is 2.44. The first kappa shape index (κ1) is 9.60. The quantitative estimate of drug-likeness (QED) is 0.785. The molecule has 1 saturated carbocycles. The summed E-state index contributed by atoms with van der Waals surface area (Å²) in [5, 5.41) is 0. The van der Waals surface area contributed by atoms with Crippen LogP contribution < -0.4 is 0 Å². The highest BCUT2D eigenvalue weighted by molar-refractivity contribution is 9.10. The number of aromatic nitrogens is 2. The van der Waals surface area contributed by atoms with Gasteiger partial charge >= 0.3 is 0 Å². The van der Waals surface area contributed by atoms with Crippen molar-refractivity contribution in [1.82, 2.24) is 9.55 Å². The number of fused-ring (bicyclic) bond motifs is 1. The Morgan fingerprint density at radius 3 is 2.87 bits per heavy atom. The van der Waals surface area contributed by atoms with E-state index in [1.807, 2.05) is 0 Å². The van der Waals surface area contributed by atoms with Gasteiger partial charge < -0.3 is 9.55 Å². The summed E-state index contributed by atoms with van der Waals surface area (Å²) in [5.41, 5.74) is 2.58. The highest BCUT2D eigenvalue weighted by atomic mass is 79.9. The zero-order valence-corrected chi connectivity index (χ0v) is 10.8. The molecule has 4 heteroatoms. The summed E-state index contributed by atoms with van der Waals surface area (Å²) < 4.78 is 4.17. The van der Waals surface area contributed by atoms with E-state index < -0.39 is 0 Å². The summed E-state index contributed by atoms with van der Waals surface area (Å²) in [4.78, 5) is 3.26. The van der Waals surface area contributed by atoms with Gasteiger partial charge in [0.1, 0.15) is 0 Å². The van der Waals surface area contributed by atoms with E-state index in [-0.39, 0.29) is 5.54 Å². The van der Waals surface area contributed by atoms with Crippen LogP contribution in [0.5, 0.6) is 0 Å². The Morgan fingerprint density at radius 2 is 2.20 bits per heavy atom. The first-order chi connectivity index (χ1) is 7.10. The molecule has 0 atom stereocenters. The number of benzene rings is 1. The molecule has 0 bridgehead atoms. The lowest BCUT2D eigenvalue weighted by atomic mass is 10.2. The molecule has 1 aromatic heterocycles. The Bertz CT molecular complexity index is 592. The van der Waals surface area contributed by atoms with E-state index in [0.717, 1.165) is 14.8 Å². The summed E-state index contributed by atoms with van der Waals surface area (Å²) in [6, 6.07) is 6.26. The molecule has 0 amide bonds. The Hall–Kier alpha value is -0.610. The molecule has 3 rings (SSSR count). The molecule has 1 heterocycles. The molecular weight excluding hydrogens is 272 g/mol. The summed E-state index contributed by atoms with van der Waals surface area (Å²) in [7, 11) is 0. The van der Waals surface area contributed by atoms with Gasteiger partial charge in [0.2, 0.25) is 0 Å². The van der Waals surface area contributed by atoms with Crippen LogP contribution in [-0.2, 0) is 5.54 Å². The molecule has 15 heavy (non-hydrogen) atoms. The molecule has 1 aliphatic rings. The molecule has 0 unspecified atom stereocenters.